The summed E-state index contributed by atoms with van der Waals surface area (Å²) in [6.45, 7) is 8.61. The van der Waals surface area contributed by atoms with Crippen molar-refractivity contribution >= 4 is 17.8 Å². The van der Waals surface area contributed by atoms with E-state index in [9.17, 15) is 19.5 Å². The van der Waals surface area contributed by atoms with Crippen molar-refractivity contribution in [3.8, 4) is 0 Å². The molecule has 0 aliphatic carbocycles. The van der Waals surface area contributed by atoms with E-state index < -0.39 is 12.0 Å². The first-order valence-electron chi connectivity index (χ1n) is 9.09. The van der Waals surface area contributed by atoms with Gasteiger partial charge in [-0.2, -0.15) is 0 Å². The minimum atomic E-state index is -1.07. The van der Waals surface area contributed by atoms with E-state index in [1.165, 1.54) is 0 Å². The minimum absolute atomic E-state index is 0.0543. The number of benzene rings is 1. The molecular formula is C20H28N2O4. The largest absolute Gasteiger partial charge is 0.479 e. The number of carboxylic acids is 1. The van der Waals surface area contributed by atoms with Crippen LogP contribution in [0.4, 0.5) is 0 Å². The van der Waals surface area contributed by atoms with E-state index in [4.69, 9.17) is 0 Å². The van der Waals surface area contributed by atoms with Crippen LogP contribution in [0.15, 0.2) is 18.2 Å². The van der Waals surface area contributed by atoms with Crippen molar-refractivity contribution in [2.24, 2.45) is 11.8 Å². The Hall–Kier alpha value is -2.37. The number of nitrogens with one attached hydrogen (secondary N) is 1. The highest BCUT2D eigenvalue weighted by Gasteiger charge is 2.31. The Balaban J connectivity index is 2.03. The lowest BCUT2D eigenvalue weighted by atomic mass is 9.94. The van der Waals surface area contributed by atoms with Gasteiger partial charge in [0.15, 0.2) is 6.04 Å². The molecule has 142 valence electrons. The van der Waals surface area contributed by atoms with Crippen LogP contribution in [-0.4, -0.2) is 40.9 Å². The number of carbonyl (C=O) groups is 3. The molecule has 1 fully saturated rings. The molecule has 0 aromatic heterocycles. The third-order valence-electron chi connectivity index (χ3n) is 4.78. The number of hydrogen-bond acceptors (Lipinski definition) is 3. The van der Waals surface area contributed by atoms with Gasteiger partial charge in [-0.25, -0.2) is 4.79 Å². The Bertz CT molecular complexity index is 671. The molecule has 26 heavy (non-hydrogen) atoms. The number of nitrogens with zero attached hydrogens (tertiary/aromatic N) is 1. The van der Waals surface area contributed by atoms with E-state index in [2.05, 4.69) is 5.32 Å². The predicted molar refractivity (Wildman–Crippen MR) is 98.6 cm³/mol. The van der Waals surface area contributed by atoms with E-state index in [0.717, 1.165) is 11.1 Å². The number of aliphatic carboxylic acids is 1. The fourth-order valence-corrected chi connectivity index (χ4v) is 3.45. The molecule has 2 N–H and O–H groups in total. The number of carboxylic acid groups (broad SMARTS) is 1. The predicted octanol–water partition coefficient (Wildman–Crippen LogP) is 2.44. The molecule has 2 rings (SSSR count). The van der Waals surface area contributed by atoms with Gasteiger partial charge in [-0.15, -0.1) is 0 Å². The normalized spacial score (nSPS) is 16.4. The zero-order valence-corrected chi connectivity index (χ0v) is 15.9. The van der Waals surface area contributed by atoms with E-state index >= 15 is 0 Å². The average Bonchev–Trinajstić information content (AvgIpc) is 2.57. The summed E-state index contributed by atoms with van der Waals surface area (Å²) < 4.78 is 0. The Labute approximate surface area is 154 Å². The highest BCUT2D eigenvalue weighted by molar-refractivity contribution is 5.86. The molecule has 6 nitrogen and oxygen atoms in total. The van der Waals surface area contributed by atoms with Crippen LogP contribution in [0.1, 0.15) is 49.4 Å². The molecule has 1 unspecified atom stereocenters. The molecule has 1 aliphatic heterocycles. The van der Waals surface area contributed by atoms with Crippen LogP contribution in [0.25, 0.3) is 0 Å². The van der Waals surface area contributed by atoms with E-state index in [1.54, 1.807) is 17.0 Å². The Kier molecular flexibility index (Phi) is 6.40. The molecule has 1 saturated heterocycles. The third-order valence-corrected chi connectivity index (χ3v) is 4.78. The van der Waals surface area contributed by atoms with Crippen LogP contribution in [0.5, 0.6) is 0 Å². The van der Waals surface area contributed by atoms with Crippen LogP contribution in [0.2, 0.25) is 0 Å². The Morgan fingerprint density at radius 3 is 2.08 bits per heavy atom. The van der Waals surface area contributed by atoms with E-state index in [1.807, 2.05) is 33.8 Å². The van der Waals surface area contributed by atoms with E-state index in [-0.39, 0.29) is 23.7 Å². The zero-order valence-electron chi connectivity index (χ0n) is 15.9. The summed E-state index contributed by atoms with van der Waals surface area (Å²) in [5.41, 5.74) is 2.50. The summed E-state index contributed by atoms with van der Waals surface area (Å²) in [6, 6.07) is 4.48. The monoisotopic (exact) mass is 360 g/mol. The van der Waals surface area contributed by atoms with Gasteiger partial charge in [0.25, 0.3) is 0 Å². The average molecular weight is 360 g/mol. The van der Waals surface area contributed by atoms with Gasteiger partial charge in [-0.3, -0.25) is 9.59 Å². The SMILES string of the molecule is Cc1cc(C)cc(C(NC(=O)C2CCN(C(=O)C(C)C)CC2)C(=O)O)c1. The summed E-state index contributed by atoms with van der Waals surface area (Å²) in [5, 5.41) is 12.2. The molecule has 1 atom stereocenters. The molecule has 1 aliphatic rings. The van der Waals surface area contributed by atoms with Gasteiger partial charge in [0.2, 0.25) is 11.8 Å². The van der Waals surface area contributed by atoms with Gasteiger partial charge in [0.1, 0.15) is 0 Å². The smallest absolute Gasteiger partial charge is 0.330 e. The number of amides is 2. The first-order valence-corrected chi connectivity index (χ1v) is 9.09. The van der Waals surface area contributed by atoms with Gasteiger partial charge in [0.05, 0.1) is 0 Å². The number of likely N-dealkylation sites (tertiary alicyclic amines) is 1. The summed E-state index contributed by atoms with van der Waals surface area (Å²) in [6.07, 6.45) is 1.12. The van der Waals surface area contributed by atoms with Gasteiger partial charge >= 0.3 is 5.97 Å². The van der Waals surface area contributed by atoms with Gasteiger partial charge < -0.3 is 15.3 Å². The Morgan fingerprint density at radius 2 is 1.62 bits per heavy atom. The summed E-state index contributed by atoms with van der Waals surface area (Å²) in [5.74, 6) is -1.55. The molecule has 1 aromatic carbocycles. The first-order chi connectivity index (χ1) is 12.2. The van der Waals surface area contributed by atoms with Crippen LogP contribution >= 0.6 is 0 Å². The van der Waals surface area contributed by atoms with E-state index in [0.29, 0.717) is 31.5 Å². The molecule has 0 bridgehead atoms. The van der Waals surface area contributed by atoms with Crippen LogP contribution in [-0.2, 0) is 14.4 Å². The maximum Gasteiger partial charge on any atom is 0.330 e. The molecule has 0 spiro atoms. The second-order valence-electron chi connectivity index (χ2n) is 7.46. The van der Waals surface area contributed by atoms with Crippen molar-refractivity contribution in [2.45, 2.75) is 46.6 Å². The minimum Gasteiger partial charge on any atom is -0.479 e. The maximum absolute atomic E-state index is 12.6. The molecule has 6 heteroatoms. The zero-order chi connectivity index (χ0) is 19.4. The van der Waals surface area contributed by atoms with Crippen LogP contribution in [0.3, 0.4) is 0 Å². The van der Waals surface area contributed by atoms with Crippen molar-refractivity contribution in [3.05, 3.63) is 34.9 Å². The van der Waals surface area contributed by atoms with Crippen LogP contribution in [0, 0.1) is 25.7 Å². The number of carbonyl (C=O) groups excluding carboxylic acids is 2. The lowest BCUT2D eigenvalue weighted by Crippen LogP contribution is -2.45. The fraction of sp³-hybridized carbons (Fsp3) is 0.550. The van der Waals surface area contributed by atoms with Crippen molar-refractivity contribution in [1.29, 1.82) is 0 Å². The van der Waals surface area contributed by atoms with Crippen molar-refractivity contribution < 1.29 is 19.5 Å². The number of hydrogen-bond donors (Lipinski definition) is 2. The second-order valence-corrected chi connectivity index (χ2v) is 7.46. The fourth-order valence-electron chi connectivity index (χ4n) is 3.45. The van der Waals surface area contributed by atoms with Crippen LogP contribution < -0.4 is 5.32 Å². The quantitative estimate of drug-likeness (QED) is 0.844. The lowest BCUT2D eigenvalue weighted by molar-refractivity contribution is -0.143. The van der Waals surface area contributed by atoms with Gasteiger partial charge in [-0.05, 0) is 32.3 Å². The molecule has 1 aromatic rings. The second kappa shape index (κ2) is 8.34. The Morgan fingerprint density at radius 1 is 1.08 bits per heavy atom. The highest BCUT2D eigenvalue weighted by Crippen LogP contribution is 2.22. The summed E-state index contributed by atoms with van der Waals surface area (Å²) >= 11 is 0. The highest BCUT2D eigenvalue weighted by atomic mass is 16.4. The number of aryl methyl sites for hydroxylation is 2. The number of piperidine rings is 1. The maximum atomic E-state index is 12.6. The molecular weight excluding hydrogens is 332 g/mol. The lowest BCUT2D eigenvalue weighted by Gasteiger charge is -2.33. The topological polar surface area (TPSA) is 86.7 Å². The van der Waals surface area contributed by atoms with Gasteiger partial charge in [-0.1, -0.05) is 43.2 Å². The molecule has 2 amide bonds. The molecule has 0 saturated carbocycles. The van der Waals surface area contributed by atoms with Crippen molar-refractivity contribution in [2.75, 3.05) is 13.1 Å². The number of rotatable bonds is 5. The molecule has 1 heterocycles. The summed E-state index contributed by atoms with van der Waals surface area (Å²) in [4.78, 5) is 38.1. The van der Waals surface area contributed by atoms with Crippen molar-refractivity contribution in [3.63, 3.8) is 0 Å². The molecule has 0 radical (unpaired) electrons. The first kappa shape index (κ1) is 19.9. The van der Waals surface area contributed by atoms with Gasteiger partial charge in [0, 0.05) is 24.9 Å². The third kappa shape index (κ3) is 4.84. The standard InChI is InChI=1S/C20H28N2O4/c1-12(2)19(24)22-7-5-15(6-8-22)18(23)21-17(20(25)26)16-10-13(3)9-14(4)11-16/h9-12,15,17H,5-8H2,1-4H3,(H,21,23)(H,25,26). The summed E-state index contributed by atoms with van der Waals surface area (Å²) in [7, 11) is 0. The van der Waals surface area contributed by atoms with Crippen molar-refractivity contribution in [1.82, 2.24) is 10.2 Å².